The highest BCUT2D eigenvalue weighted by molar-refractivity contribution is 5.96. The van der Waals surface area contributed by atoms with E-state index < -0.39 is 12.1 Å². The number of benzene rings is 1. The summed E-state index contributed by atoms with van der Waals surface area (Å²) in [7, 11) is 0. The molecule has 1 aliphatic carbocycles. The third-order valence-electron chi connectivity index (χ3n) is 4.34. The van der Waals surface area contributed by atoms with E-state index in [9.17, 15) is 9.59 Å². The van der Waals surface area contributed by atoms with Crippen LogP contribution < -0.4 is 16.0 Å². The summed E-state index contributed by atoms with van der Waals surface area (Å²) in [5.41, 5.74) is 4.07. The first-order valence-electron chi connectivity index (χ1n) is 8.47. The summed E-state index contributed by atoms with van der Waals surface area (Å²) in [5.74, 6) is -0.319. The molecule has 5 heteroatoms. The highest BCUT2D eigenvalue weighted by Crippen LogP contribution is 2.24. The minimum Gasteiger partial charge on any atom is -0.338 e. The Hall–Kier alpha value is -1.88. The Bertz CT molecular complexity index is 571. The summed E-state index contributed by atoms with van der Waals surface area (Å²) in [4.78, 5) is 23.4. The summed E-state index contributed by atoms with van der Waals surface area (Å²) in [6.07, 6.45) is 4.84. The van der Waals surface area contributed by atoms with Gasteiger partial charge in [0, 0.05) is 12.6 Å². The fraction of sp³-hybridized carbons (Fsp3) is 0.556. The van der Waals surface area contributed by atoms with Crippen LogP contribution in [0.2, 0.25) is 0 Å². The molecule has 0 aliphatic heterocycles. The van der Waals surface area contributed by atoms with Gasteiger partial charge in [-0.3, -0.25) is 15.4 Å². The van der Waals surface area contributed by atoms with Crippen molar-refractivity contribution in [2.75, 3.05) is 6.54 Å². The number of fused-ring (bicyclic) bond motifs is 1. The quantitative estimate of drug-likeness (QED) is 0.781. The Balaban J connectivity index is 1.94. The monoisotopic (exact) mass is 317 g/mol. The van der Waals surface area contributed by atoms with Crippen molar-refractivity contribution in [3.8, 4) is 0 Å². The van der Waals surface area contributed by atoms with Gasteiger partial charge in [0.25, 0.3) is 0 Å². The molecule has 0 fully saturated rings. The van der Waals surface area contributed by atoms with Crippen LogP contribution in [-0.4, -0.2) is 24.5 Å². The van der Waals surface area contributed by atoms with E-state index in [-0.39, 0.29) is 11.9 Å². The van der Waals surface area contributed by atoms with Crippen LogP contribution in [0.5, 0.6) is 0 Å². The largest absolute Gasteiger partial charge is 0.338 e. The van der Waals surface area contributed by atoms with Gasteiger partial charge in [-0.25, -0.2) is 4.79 Å². The van der Waals surface area contributed by atoms with E-state index in [1.807, 2.05) is 13.8 Å². The van der Waals surface area contributed by atoms with Gasteiger partial charge in [0.05, 0.1) is 6.04 Å². The average Bonchev–Trinajstić information content (AvgIpc) is 2.54. The molecule has 0 saturated carbocycles. The second-order valence-corrected chi connectivity index (χ2v) is 6.19. The van der Waals surface area contributed by atoms with E-state index in [1.165, 1.54) is 36.0 Å². The maximum Gasteiger partial charge on any atom is 0.321 e. The molecule has 0 heterocycles. The summed E-state index contributed by atoms with van der Waals surface area (Å²) in [6, 6.07) is 5.76. The topological polar surface area (TPSA) is 70.2 Å². The van der Waals surface area contributed by atoms with Crippen LogP contribution in [0.25, 0.3) is 0 Å². The maximum atomic E-state index is 12.0. The van der Waals surface area contributed by atoms with Gasteiger partial charge in [0.2, 0.25) is 5.91 Å². The lowest BCUT2D eigenvalue weighted by atomic mass is 9.89. The average molecular weight is 317 g/mol. The number of rotatable bonds is 5. The number of aryl methyl sites for hydroxylation is 2. The Labute approximate surface area is 138 Å². The zero-order valence-corrected chi connectivity index (χ0v) is 14.2. The predicted octanol–water partition coefficient (Wildman–Crippen LogP) is 2.45. The van der Waals surface area contributed by atoms with Crippen LogP contribution >= 0.6 is 0 Å². The number of imide groups is 1. The van der Waals surface area contributed by atoms with E-state index in [0.29, 0.717) is 6.54 Å². The van der Waals surface area contributed by atoms with Crippen molar-refractivity contribution in [3.05, 3.63) is 34.9 Å². The molecule has 0 aromatic heterocycles. The summed E-state index contributed by atoms with van der Waals surface area (Å²) in [6.45, 7) is 6.11. The molecule has 126 valence electrons. The van der Waals surface area contributed by atoms with Crippen LogP contribution in [0.3, 0.4) is 0 Å². The highest BCUT2D eigenvalue weighted by atomic mass is 16.2. The van der Waals surface area contributed by atoms with Crippen molar-refractivity contribution < 1.29 is 9.59 Å². The van der Waals surface area contributed by atoms with Crippen LogP contribution in [0.1, 0.15) is 56.3 Å². The Morgan fingerprint density at radius 2 is 1.83 bits per heavy atom. The first-order valence-corrected chi connectivity index (χ1v) is 8.47. The fourth-order valence-corrected chi connectivity index (χ4v) is 2.99. The highest BCUT2D eigenvalue weighted by Gasteiger charge is 2.19. The van der Waals surface area contributed by atoms with Crippen molar-refractivity contribution >= 4 is 11.9 Å². The molecule has 2 atom stereocenters. The van der Waals surface area contributed by atoms with Gasteiger partial charge in [-0.15, -0.1) is 0 Å². The molecule has 3 N–H and O–H groups in total. The molecule has 1 aromatic rings. The zero-order valence-electron chi connectivity index (χ0n) is 14.2. The lowest BCUT2D eigenvalue weighted by Gasteiger charge is -2.22. The Morgan fingerprint density at radius 1 is 1.13 bits per heavy atom. The van der Waals surface area contributed by atoms with Gasteiger partial charge in [0.1, 0.15) is 0 Å². The summed E-state index contributed by atoms with van der Waals surface area (Å²) >= 11 is 0. The van der Waals surface area contributed by atoms with Crippen molar-refractivity contribution in [2.24, 2.45) is 0 Å². The van der Waals surface area contributed by atoms with Crippen molar-refractivity contribution in [1.29, 1.82) is 0 Å². The van der Waals surface area contributed by atoms with Crippen LogP contribution in [0.15, 0.2) is 18.2 Å². The van der Waals surface area contributed by atoms with Crippen LogP contribution in [-0.2, 0) is 17.6 Å². The molecule has 0 bridgehead atoms. The third-order valence-corrected chi connectivity index (χ3v) is 4.34. The van der Waals surface area contributed by atoms with Gasteiger partial charge in [-0.05, 0) is 63.1 Å². The Kier molecular flexibility index (Phi) is 6.16. The number of hydrogen-bond acceptors (Lipinski definition) is 3. The molecule has 0 unspecified atom stereocenters. The van der Waals surface area contributed by atoms with Gasteiger partial charge < -0.3 is 5.32 Å². The molecule has 0 saturated heterocycles. The number of carbonyl (C=O) groups is 2. The van der Waals surface area contributed by atoms with E-state index in [2.05, 4.69) is 34.1 Å². The number of urea groups is 1. The summed E-state index contributed by atoms with van der Waals surface area (Å²) < 4.78 is 0. The van der Waals surface area contributed by atoms with E-state index in [1.54, 1.807) is 6.92 Å². The van der Waals surface area contributed by atoms with Crippen LogP contribution in [0, 0.1) is 0 Å². The van der Waals surface area contributed by atoms with Gasteiger partial charge in [0.15, 0.2) is 0 Å². The standard InChI is InChI=1S/C18H27N3O2/c1-4-19-18(23)21-17(22)13(3)20-12(2)15-10-9-14-7-5-6-8-16(14)11-15/h9-13,20H,4-8H2,1-3H3,(H2,19,21,22,23)/t12-,13+/m0/s1. The lowest BCUT2D eigenvalue weighted by Crippen LogP contribution is -2.48. The molecule has 2 rings (SSSR count). The number of carbonyl (C=O) groups excluding carboxylic acids is 2. The van der Waals surface area contributed by atoms with E-state index in [4.69, 9.17) is 0 Å². The maximum absolute atomic E-state index is 12.0. The summed E-state index contributed by atoms with van der Waals surface area (Å²) in [5, 5.41) is 8.15. The molecule has 3 amide bonds. The fourth-order valence-electron chi connectivity index (χ4n) is 2.99. The Morgan fingerprint density at radius 3 is 2.52 bits per heavy atom. The third kappa shape index (κ3) is 4.79. The molecule has 23 heavy (non-hydrogen) atoms. The normalized spacial score (nSPS) is 16.1. The van der Waals surface area contributed by atoms with Crippen molar-refractivity contribution in [1.82, 2.24) is 16.0 Å². The molecule has 1 aromatic carbocycles. The number of nitrogens with one attached hydrogen (secondary N) is 3. The second kappa shape index (κ2) is 8.11. The number of amides is 3. The molecule has 5 nitrogen and oxygen atoms in total. The van der Waals surface area contributed by atoms with Crippen molar-refractivity contribution in [2.45, 2.75) is 58.5 Å². The molecular weight excluding hydrogens is 290 g/mol. The first kappa shape index (κ1) is 17.5. The van der Waals surface area contributed by atoms with E-state index >= 15 is 0 Å². The molecule has 0 spiro atoms. The lowest BCUT2D eigenvalue weighted by molar-refractivity contribution is -0.121. The smallest absolute Gasteiger partial charge is 0.321 e. The van der Waals surface area contributed by atoms with Crippen LogP contribution in [0.4, 0.5) is 4.79 Å². The van der Waals surface area contributed by atoms with E-state index in [0.717, 1.165) is 6.42 Å². The molecule has 1 aliphatic rings. The van der Waals surface area contributed by atoms with Gasteiger partial charge in [-0.1, -0.05) is 18.2 Å². The van der Waals surface area contributed by atoms with Gasteiger partial charge in [-0.2, -0.15) is 0 Å². The SMILES string of the molecule is CCNC(=O)NC(=O)[C@@H](C)N[C@@H](C)c1ccc2c(c1)CCCC2. The minimum absolute atomic E-state index is 0.0530. The first-order chi connectivity index (χ1) is 11.0. The zero-order chi connectivity index (χ0) is 16.8. The van der Waals surface area contributed by atoms with Gasteiger partial charge >= 0.3 is 6.03 Å². The molecule has 0 radical (unpaired) electrons. The van der Waals surface area contributed by atoms with Crippen molar-refractivity contribution in [3.63, 3.8) is 0 Å². The number of hydrogen-bond donors (Lipinski definition) is 3. The molecular formula is C18H27N3O2. The second-order valence-electron chi connectivity index (χ2n) is 6.19. The minimum atomic E-state index is -0.451. The predicted molar refractivity (Wildman–Crippen MR) is 91.3 cm³/mol.